The first-order valence-corrected chi connectivity index (χ1v) is 8.38. The minimum atomic E-state index is 0.328. The summed E-state index contributed by atoms with van der Waals surface area (Å²) in [7, 11) is 0. The summed E-state index contributed by atoms with van der Waals surface area (Å²) in [5, 5.41) is 18.9. The lowest BCUT2D eigenvalue weighted by Gasteiger charge is -2.23. The topological polar surface area (TPSA) is 103 Å². The largest absolute Gasteiger partial charge is 0.394 e. The van der Waals surface area contributed by atoms with Gasteiger partial charge in [-0.1, -0.05) is 23.4 Å². The summed E-state index contributed by atoms with van der Waals surface area (Å²) in [6, 6.07) is 11.6. The molecule has 0 aliphatic carbocycles. The molecule has 0 fully saturated rings. The molecular weight excluding hydrogens is 344 g/mol. The molecule has 0 saturated heterocycles. The Labute approximate surface area is 149 Å². The van der Waals surface area contributed by atoms with Crippen molar-refractivity contribution >= 4 is 34.9 Å². The molecule has 0 bridgehead atoms. The summed E-state index contributed by atoms with van der Waals surface area (Å²) in [5.74, 6) is 0.548. The smallest absolute Gasteiger partial charge is 0.156 e. The van der Waals surface area contributed by atoms with Gasteiger partial charge in [0.05, 0.1) is 25.0 Å². The molecule has 1 heterocycles. The molecule has 2 aromatic rings. The van der Waals surface area contributed by atoms with E-state index in [9.17, 15) is 0 Å². The first-order valence-electron chi connectivity index (χ1n) is 7.18. The van der Waals surface area contributed by atoms with Crippen molar-refractivity contribution in [3.63, 3.8) is 0 Å². The lowest BCUT2D eigenvalue weighted by Crippen LogP contribution is -2.27. The van der Waals surface area contributed by atoms with Crippen LogP contribution in [0.2, 0.25) is 5.02 Å². The van der Waals surface area contributed by atoms with Gasteiger partial charge < -0.3 is 10.6 Å². The van der Waals surface area contributed by atoms with Gasteiger partial charge in [0, 0.05) is 23.0 Å². The highest BCUT2D eigenvalue weighted by atomic mass is 35.5. The van der Waals surface area contributed by atoms with Gasteiger partial charge in [0.15, 0.2) is 5.82 Å². The van der Waals surface area contributed by atoms with Gasteiger partial charge in [-0.15, -0.1) is 0 Å². The van der Waals surface area contributed by atoms with E-state index in [1.54, 1.807) is 12.1 Å². The molecule has 2 rings (SSSR count). The number of nitriles is 2. The van der Waals surface area contributed by atoms with Gasteiger partial charge in [0.25, 0.3) is 0 Å². The van der Waals surface area contributed by atoms with Crippen molar-refractivity contribution in [3.05, 3.63) is 35.6 Å². The standard InChI is InChI=1S/C16H15ClN6S/c17-12-3-5-13(6-4-12)24-16-14(20)15(21-11-22-16)23(9-1-7-18)10-2-8-19/h3-6,11H,1-2,9-10,20H2. The number of hydrogen-bond donors (Lipinski definition) is 1. The number of nitrogens with zero attached hydrogens (tertiary/aromatic N) is 5. The van der Waals surface area contributed by atoms with Crippen molar-refractivity contribution < 1.29 is 0 Å². The van der Waals surface area contributed by atoms with Crippen LogP contribution in [0.1, 0.15) is 12.8 Å². The Balaban J connectivity index is 2.25. The third kappa shape index (κ3) is 4.76. The van der Waals surface area contributed by atoms with Crippen LogP contribution in [0.4, 0.5) is 11.5 Å². The van der Waals surface area contributed by atoms with E-state index in [0.717, 1.165) is 4.90 Å². The van der Waals surface area contributed by atoms with Crippen LogP contribution in [0.15, 0.2) is 40.5 Å². The minimum Gasteiger partial charge on any atom is -0.394 e. The molecule has 0 radical (unpaired) electrons. The zero-order valence-electron chi connectivity index (χ0n) is 12.8. The van der Waals surface area contributed by atoms with Gasteiger partial charge in [0.2, 0.25) is 0 Å². The molecule has 6 nitrogen and oxygen atoms in total. The van der Waals surface area contributed by atoms with Gasteiger partial charge in [-0.3, -0.25) is 0 Å². The molecule has 1 aromatic heterocycles. The summed E-state index contributed by atoms with van der Waals surface area (Å²) >= 11 is 7.30. The van der Waals surface area contributed by atoms with E-state index in [0.29, 0.717) is 47.5 Å². The maximum atomic E-state index is 8.81. The Bertz CT molecular complexity index is 748. The highest BCUT2D eigenvalue weighted by Crippen LogP contribution is 2.34. The highest BCUT2D eigenvalue weighted by Gasteiger charge is 2.15. The van der Waals surface area contributed by atoms with Gasteiger partial charge in [-0.05, 0) is 24.3 Å². The van der Waals surface area contributed by atoms with E-state index in [2.05, 4.69) is 22.1 Å². The Hall–Kier alpha value is -2.48. The summed E-state index contributed by atoms with van der Waals surface area (Å²) in [5.41, 5.74) is 6.66. The number of nitrogens with two attached hydrogens (primary N) is 1. The van der Waals surface area contributed by atoms with Crippen LogP contribution in [0.25, 0.3) is 0 Å². The molecule has 24 heavy (non-hydrogen) atoms. The molecule has 0 aliphatic rings. The van der Waals surface area contributed by atoms with Crippen LogP contribution in [-0.2, 0) is 0 Å². The minimum absolute atomic E-state index is 0.328. The molecule has 0 aliphatic heterocycles. The Kier molecular flexibility index (Phi) is 6.68. The van der Waals surface area contributed by atoms with Gasteiger partial charge in [0.1, 0.15) is 17.0 Å². The van der Waals surface area contributed by atoms with E-state index in [1.165, 1.54) is 18.1 Å². The average molecular weight is 359 g/mol. The van der Waals surface area contributed by atoms with E-state index >= 15 is 0 Å². The number of hydrogen-bond acceptors (Lipinski definition) is 7. The Morgan fingerprint density at radius 2 is 1.71 bits per heavy atom. The fourth-order valence-corrected chi connectivity index (χ4v) is 2.93. The number of anilines is 2. The van der Waals surface area contributed by atoms with Crippen LogP contribution in [0.5, 0.6) is 0 Å². The molecule has 0 atom stereocenters. The van der Waals surface area contributed by atoms with Crippen molar-refractivity contribution in [1.29, 1.82) is 10.5 Å². The fourth-order valence-electron chi connectivity index (χ4n) is 2.01. The number of benzene rings is 1. The van der Waals surface area contributed by atoms with Crippen molar-refractivity contribution in [3.8, 4) is 12.1 Å². The summed E-state index contributed by atoms with van der Waals surface area (Å²) in [6.07, 6.45) is 2.10. The molecule has 0 saturated carbocycles. The van der Waals surface area contributed by atoms with Gasteiger partial charge >= 0.3 is 0 Å². The molecule has 8 heteroatoms. The summed E-state index contributed by atoms with van der Waals surface area (Å²) in [4.78, 5) is 11.3. The molecule has 0 unspecified atom stereocenters. The molecular formula is C16H15ClN6S. The molecule has 2 N–H and O–H groups in total. The molecule has 0 amide bonds. The molecule has 1 aromatic carbocycles. The molecule has 122 valence electrons. The van der Waals surface area contributed by atoms with Crippen molar-refractivity contribution in [2.75, 3.05) is 23.7 Å². The second kappa shape index (κ2) is 8.97. The quantitative estimate of drug-likeness (QED) is 0.755. The van der Waals surface area contributed by atoms with Crippen molar-refractivity contribution in [2.45, 2.75) is 22.8 Å². The van der Waals surface area contributed by atoms with E-state index in [4.69, 9.17) is 27.9 Å². The lowest BCUT2D eigenvalue weighted by molar-refractivity contribution is 0.777. The third-order valence-corrected chi connectivity index (χ3v) is 4.42. The summed E-state index contributed by atoms with van der Waals surface area (Å²) in [6.45, 7) is 0.925. The van der Waals surface area contributed by atoms with Crippen LogP contribution >= 0.6 is 23.4 Å². The second-order valence-electron chi connectivity index (χ2n) is 4.78. The zero-order chi connectivity index (χ0) is 17.4. The number of nitrogen functional groups attached to an aromatic ring is 1. The van der Waals surface area contributed by atoms with E-state index < -0.39 is 0 Å². The first kappa shape index (κ1) is 17.9. The monoisotopic (exact) mass is 358 g/mol. The Morgan fingerprint density at radius 3 is 2.29 bits per heavy atom. The number of halogens is 1. The number of rotatable bonds is 7. The fraction of sp³-hybridized carbons (Fsp3) is 0.250. The predicted molar refractivity (Wildman–Crippen MR) is 94.7 cm³/mol. The average Bonchev–Trinajstić information content (AvgIpc) is 2.59. The zero-order valence-corrected chi connectivity index (χ0v) is 14.4. The van der Waals surface area contributed by atoms with Crippen molar-refractivity contribution in [1.82, 2.24) is 9.97 Å². The van der Waals surface area contributed by atoms with E-state index in [-0.39, 0.29) is 0 Å². The Morgan fingerprint density at radius 1 is 1.08 bits per heavy atom. The van der Waals surface area contributed by atoms with E-state index in [1.807, 2.05) is 17.0 Å². The van der Waals surface area contributed by atoms with Crippen LogP contribution in [0, 0.1) is 22.7 Å². The van der Waals surface area contributed by atoms with Crippen LogP contribution < -0.4 is 10.6 Å². The molecule has 0 spiro atoms. The maximum absolute atomic E-state index is 8.81. The van der Waals surface area contributed by atoms with Crippen LogP contribution in [-0.4, -0.2) is 23.1 Å². The third-order valence-electron chi connectivity index (χ3n) is 3.14. The lowest BCUT2D eigenvalue weighted by atomic mass is 10.3. The second-order valence-corrected chi connectivity index (χ2v) is 6.27. The maximum Gasteiger partial charge on any atom is 0.156 e. The summed E-state index contributed by atoms with van der Waals surface area (Å²) < 4.78 is 0. The highest BCUT2D eigenvalue weighted by molar-refractivity contribution is 7.99. The normalized spacial score (nSPS) is 9.96. The van der Waals surface area contributed by atoms with Crippen molar-refractivity contribution in [2.24, 2.45) is 0 Å². The number of aromatic nitrogens is 2. The van der Waals surface area contributed by atoms with Gasteiger partial charge in [-0.25, -0.2) is 9.97 Å². The SMILES string of the molecule is N#CCCN(CCC#N)c1ncnc(Sc2ccc(Cl)cc2)c1N. The van der Waals surface area contributed by atoms with Crippen LogP contribution in [0.3, 0.4) is 0 Å². The predicted octanol–water partition coefficient (Wildman–Crippen LogP) is 3.50. The first-order chi connectivity index (χ1) is 11.7. The van der Waals surface area contributed by atoms with Gasteiger partial charge in [-0.2, -0.15) is 10.5 Å².